The summed E-state index contributed by atoms with van der Waals surface area (Å²) in [5, 5.41) is 0.194. The summed E-state index contributed by atoms with van der Waals surface area (Å²) < 4.78 is 9.44. The quantitative estimate of drug-likeness (QED) is 0.497. The first-order valence-corrected chi connectivity index (χ1v) is 3.26. The van der Waals surface area contributed by atoms with Gasteiger partial charge in [-0.2, -0.15) is 0 Å². The summed E-state index contributed by atoms with van der Waals surface area (Å²) in [6.45, 7) is 2.06. The molecule has 1 rings (SSSR count). The molecule has 8 heavy (non-hydrogen) atoms. The molecule has 1 fully saturated rings. The molecule has 0 radical (unpaired) electrons. The van der Waals surface area contributed by atoms with Gasteiger partial charge in [-0.05, 0) is 0 Å². The zero-order chi connectivity index (χ0) is 6.24. The van der Waals surface area contributed by atoms with Crippen molar-refractivity contribution < 1.29 is 9.47 Å². The van der Waals surface area contributed by atoms with Crippen LogP contribution in [0.1, 0.15) is 0 Å². The van der Waals surface area contributed by atoms with Gasteiger partial charge >= 0.3 is 0 Å². The Kier molecular flexibility index (Phi) is 7.97. The van der Waals surface area contributed by atoms with Gasteiger partial charge in [0.05, 0.1) is 18.6 Å². The van der Waals surface area contributed by atoms with E-state index in [1.807, 2.05) is 0 Å². The molecule has 0 aromatic carbocycles. The van der Waals surface area contributed by atoms with Crippen LogP contribution >= 0.6 is 23.2 Å². The van der Waals surface area contributed by atoms with Gasteiger partial charge in [0.2, 0.25) is 0 Å². The average molecular weight is 159 g/mol. The fourth-order valence-corrected chi connectivity index (χ4v) is 0.295. The van der Waals surface area contributed by atoms with Gasteiger partial charge in [-0.1, -0.05) is 0 Å². The number of hydrogen-bond donors (Lipinski definition) is 0. The van der Waals surface area contributed by atoms with Gasteiger partial charge in [-0.3, -0.25) is 0 Å². The lowest BCUT2D eigenvalue weighted by atomic mass is 10.8. The van der Waals surface area contributed by atoms with E-state index < -0.39 is 0 Å². The summed E-state index contributed by atoms with van der Waals surface area (Å²) in [5.74, 6) is 0. The molecule has 0 aliphatic carbocycles. The first-order valence-electron chi connectivity index (χ1n) is 2.19. The third-order valence-corrected chi connectivity index (χ3v) is 0.539. The topological polar surface area (TPSA) is 18.5 Å². The zero-order valence-electron chi connectivity index (χ0n) is 4.40. The third-order valence-electron chi connectivity index (χ3n) is 0.539. The summed E-state index contributed by atoms with van der Waals surface area (Å²) in [4.78, 5) is 0. The lowest BCUT2D eigenvalue weighted by Gasteiger charge is -1.76. The largest absolute Gasteiger partial charge is 0.353 e. The van der Waals surface area contributed by atoms with Gasteiger partial charge in [0.25, 0.3) is 0 Å². The molecule has 50 valence electrons. The Hall–Kier alpha value is 0.500. The van der Waals surface area contributed by atoms with Crippen molar-refractivity contribution in [2.45, 2.75) is 0 Å². The summed E-state index contributed by atoms with van der Waals surface area (Å²) in [6.07, 6.45) is 0. The SMILES string of the molecule is C1COCO1.ClCCl. The van der Waals surface area contributed by atoms with Crippen LogP contribution in [0.2, 0.25) is 0 Å². The summed E-state index contributed by atoms with van der Waals surface area (Å²) in [5.41, 5.74) is 0. The Labute approximate surface area is 58.7 Å². The van der Waals surface area contributed by atoms with Crippen LogP contribution in [0.3, 0.4) is 0 Å². The van der Waals surface area contributed by atoms with Crippen LogP contribution < -0.4 is 0 Å². The van der Waals surface area contributed by atoms with Gasteiger partial charge in [0, 0.05) is 0 Å². The molecule has 0 saturated carbocycles. The maximum absolute atomic E-state index is 4.76. The first-order chi connectivity index (χ1) is 3.91. The Morgan fingerprint density at radius 3 is 1.62 bits per heavy atom. The molecule has 0 aromatic heterocycles. The van der Waals surface area contributed by atoms with Crippen LogP contribution in [0.25, 0.3) is 0 Å². The molecule has 0 bridgehead atoms. The van der Waals surface area contributed by atoms with E-state index in [0.29, 0.717) is 6.79 Å². The van der Waals surface area contributed by atoms with Crippen LogP contribution in [-0.2, 0) is 9.47 Å². The van der Waals surface area contributed by atoms with E-state index in [0.717, 1.165) is 13.2 Å². The fraction of sp³-hybridized carbons (Fsp3) is 1.00. The normalized spacial score (nSPS) is 17.2. The van der Waals surface area contributed by atoms with Crippen molar-refractivity contribution in [3.8, 4) is 0 Å². The second kappa shape index (κ2) is 7.50. The van der Waals surface area contributed by atoms with Crippen LogP contribution in [-0.4, -0.2) is 25.3 Å². The molecule has 0 N–H and O–H groups in total. The van der Waals surface area contributed by atoms with Crippen molar-refractivity contribution in [1.29, 1.82) is 0 Å². The van der Waals surface area contributed by atoms with Crippen LogP contribution in [0, 0.1) is 0 Å². The highest BCUT2D eigenvalue weighted by atomic mass is 35.5. The molecule has 4 heteroatoms. The van der Waals surface area contributed by atoms with Crippen molar-refractivity contribution in [1.82, 2.24) is 0 Å². The zero-order valence-corrected chi connectivity index (χ0v) is 5.91. The highest BCUT2D eigenvalue weighted by molar-refractivity contribution is 6.40. The molecular weight excluding hydrogens is 151 g/mol. The van der Waals surface area contributed by atoms with E-state index >= 15 is 0 Å². The second-order valence-corrected chi connectivity index (χ2v) is 1.84. The Morgan fingerprint density at radius 2 is 1.50 bits per heavy atom. The van der Waals surface area contributed by atoms with Crippen LogP contribution in [0.4, 0.5) is 0 Å². The molecule has 0 atom stereocenters. The summed E-state index contributed by atoms with van der Waals surface area (Å²) in [6, 6.07) is 0. The van der Waals surface area contributed by atoms with Gasteiger partial charge in [0.15, 0.2) is 0 Å². The number of ether oxygens (including phenoxy) is 2. The van der Waals surface area contributed by atoms with Crippen molar-refractivity contribution in [3.63, 3.8) is 0 Å². The monoisotopic (exact) mass is 158 g/mol. The second-order valence-electron chi connectivity index (χ2n) is 1.04. The summed E-state index contributed by atoms with van der Waals surface area (Å²) in [7, 11) is 0. The number of hydrogen-bond acceptors (Lipinski definition) is 2. The minimum absolute atomic E-state index is 0.194. The molecule has 1 aliphatic heterocycles. The molecule has 2 nitrogen and oxygen atoms in total. The smallest absolute Gasteiger partial charge is 0.146 e. The first kappa shape index (κ1) is 8.50. The van der Waals surface area contributed by atoms with E-state index in [4.69, 9.17) is 32.7 Å². The van der Waals surface area contributed by atoms with Crippen LogP contribution in [0.5, 0.6) is 0 Å². The Bertz CT molecular complexity index is 31.4. The van der Waals surface area contributed by atoms with Gasteiger partial charge in [-0.15, -0.1) is 23.2 Å². The van der Waals surface area contributed by atoms with Crippen molar-refractivity contribution >= 4 is 23.2 Å². The van der Waals surface area contributed by atoms with E-state index in [-0.39, 0.29) is 5.34 Å². The average Bonchev–Trinajstić information content (AvgIpc) is 2.17. The molecule has 1 saturated heterocycles. The molecule has 0 amide bonds. The molecule has 0 aromatic rings. The van der Waals surface area contributed by atoms with Crippen molar-refractivity contribution in [2.75, 3.05) is 25.3 Å². The maximum atomic E-state index is 4.76. The van der Waals surface area contributed by atoms with Gasteiger partial charge in [0.1, 0.15) is 6.79 Å². The third kappa shape index (κ3) is 6.50. The molecule has 1 aliphatic rings. The predicted molar refractivity (Wildman–Crippen MR) is 33.3 cm³/mol. The highest BCUT2D eigenvalue weighted by Gasteiger charge is 1.93. The number of rotatable bonds is 0. The van der Waals surface area contributed by atoms with Gasteiger partial charge in [-0.25, -0.2) is 0 Å². The van der Waals surface area contributed by atoms with Gasteiger partial charge < -0.3 is 9.47 Å². The minimum atomic E-state index is 0.194. The summed E-state index contributed by atoms with van der Waals surface area (Å²) >= 11 is 9.53. The lowest BCUT2D eigenvalue weighted by Crippen LogP contribution is -1.79. The predicted octanol–water partition coefficient (Wildman–Crippen LogP) is 1.41. The Balaban J connectivity index is 0.000000145. The Morgan fingerprint density at radius 1 is 1.12 bits per heavy atom. The molecular formula is C4H8Cl2O2. The van der Waals surface area contributed by atoms with E-state index in [1.165, 1.54) is 0 Å². The molecule has 1 heterocycles. The van der Waals surface area contributed by atoms with Crippen molar-refractivity contribution in [2.24, 2.45) is 0 Å². The van der Waals surface area contributed by atoms with E-state index in [2.05, 4.69) is 0 Å². The fourth-order valence-electron chi connectivity index (χ4n) is 0.295. The lowest BCUT2D eigenvalue weighted by molar-refractivity contribution is 0.0692. The van der Waals surface area contributed by atoms with E-state index in [1.54, 1.807) is 0 Å². The minimum Gasteiger partial charge on any atom is -0.353 e. The van der Waals surface area contributed by atoms with Crippen molar-refractivity contribution in [3.05, 3.63) is 0 Å². The highest BCUT2D eigenvalue weighted by Crippen LogP contribution is 1.85. The standard InChI is InChI=1S/C3H6O2.CH2Cl2/c1-2-5-3-4-1;2-1-3/h1-3H2;1H2. The molecule has 0 unspecified atom stereocenters. The number of halogens is 2. The van der Waals surface area contributed by atoms with Crippen LogP contribution in [0.15, 0.2) is 0 Å². The maximum Gasteiger partial charge on any atom is 0.146 e. The van der Waals surface area contributed by atoms with E-state index in [9.17, 15) is 0 Å². The number of alkyl halides is 2. The molecule has 0 spiro atoms.